The van der Waals surface area contributed by atoms with E-state index in [-0.39, 0.29) is 0 Å². The normalized spacial score (nSPS) is 19.1. The molecular formula is C13H15Hf. The summed E-state index contributed by atoms with van der Waals surface area (Å²) in [7, 11) is 0. The van der Waals surface area contributed by atoms with Crippen LogP contribution in [0.4, 0.5) is 0 Å². The molecule has 2 rings (SSSR count). The van der Waals surface area contributed by atoms with E-state index in [1.165, 1.54) is 49.2 Å². The van der Waals surface area contributed by atoms with Crippen LogP contribution in [-0.2, 0) is 24.4 Å². The third-order valence-corrected chi connectivity index (χ3v) is 4.67. The number of fused-ring (bicyclic) bond motifs is 1. The third kappa shape index (κ3) is 1.93. The van der Waals surface area contributed by atoms with Gasteiger partial charge in [-0.2, -0.15) is 0 Å². The quantitative estimate of drug-likeness (QED) is 0.727. The van der Waals surface area contributed by atoms with E-state index in [2.05, 4.69) is 37.3 Å². The predicted octanol–water partition coefficient (Wildman–Crippen LogP) is 3.86. The molecule has 1 aliphatic carbocycles. The SMILES string of the molecule is CCCCC1[C]([Hf])=Cc2ccccc21. The van der Waals surface area contributed by atoms with Gasteiger partial charge in [0, 0.05) is 0 Å². The van der Waals surface area contributed by atoms with Crippen LogP contribution >= 0.6 is 0 Å². The van der Waals surface area contributed by atoms with Crippen molar-refractivity contribution in [1.82, 2.24) is 0 Å². The summed E-state index contributed by atoms with van der Waals surface area (Å²) in [6, 6.07) is 8.87. The van der Waals surface area contributed by atoms with Crippen LogP contribution < -0.4 is 0 Å². The third-order valence-electron chi connectivity index (χ3n) is 2.90. The summed E-state index contributed by atoms with van der Waals surface area (Å²) < 4.78 is 1.68. The molecule has 1 aromatic rings. The van der Waals surface area contributed by atoms with Gasteiger partial charge in [0.05, 0.1) is 0 Å². The second-order valence-electron chi connectivity index (χ2n) is 3.92. The number of hydrogen-bond donors (Lipinski definition) is 0. The molecule has 0 N–H and O–H groups in total. The molecule has 1 heteroatoms. The zero-order valence-corrected chi connectivity index (χ0v) is 12.2. The molecular weight excluding hydrogens is 335 g/mol. The minimum absolute atomic E-state index is 0.762. The van der Waals surface area contributed by atoms with Gasteiger partial charge in [-0.15, -0.1) is 0 Å². The van der Waals surface area contributed by atoms with E-state index < -0.39 is 0 Å². The first-order chi connectivity index (χ1) is 6.83. The van der Waals surface area contributed by atoms with E-state index in [0.29, 0.717) is 0 Å². The van der Waals surface area contributed by atoms with Gasteiger partial charge in [-0.25, -0.2) is 0 Å². The van der Waals surface area contributed by atoms with Gasteiger partial charge in [0.2, 0.25) is 0 Å². The molecule has 0 fully saturated rings. The van der Waals surface area contributed by atoms with E-state index in [9.17, 15) is 0 Å². The Morgan fingerprint density at radius 2 is 2.07 bits per heavy atom. The molecule has 1 aliphatic rings. The van der Waals surface area contributed by atoms with Crippen molar-refractivity contribution in [2.24, 2.45) is 0 Å². The molecule has 0 aliphatic heterocycles. The summed E-state index contributed by atoms with van der Waals surface area (Å²) in [4.78, 5) is 0. The van der Waals surface area contributed by atoms with Gasteiger partial charge in [0.15, 0.2) is 0 Å². The number of hydrogen-bond acceptors (Lipinski definition) is 0. The fourth-order valence-electron chi connectivity index (χ4n) is 2.11. The van der Waals surface area contributed by atoms with Crippen LogP contribution in [0.3, 0.4) is 0 Å². The molecule has 0 saturated carbocycles. The zero-order chi connectivity index (χ0) is 9.97. The maximum absolute atomic E-state index is 2.40. The molecule has 1 unspecified atom stereocenters. The van der Waals surface area contributed by atoms with E-state index in [4.69, 9.17) is 0 Å². The van der Waals surface area contributed by atoms with E-state index in [0.717, 1.165) is 5.92 Å². The van der Waals surface area contributed by atoms with Gasteiger partial charge in [-0.3, -0.25) is 0 Å². The van der Waals surface area contributed by atoms with Crippen molar-refractivity contribution < 1.29 is 24.4 Å². The number of allylic oxidation sites excluding steroid dienone is 1. The average molecular weight is 350 g/mol. The maximum atomic E-state index is 2.40. The van der Waals surface area contributed by atoms with Gasteiger partial charge in [-0.05, 0) is 0 Å². The van der Waals surface area contributed by atoms with Gasteiger partial charge >= 0.3 is 101 Å². The molecule has 0 bridgehead atoms. The van der Waals surface area contributed by atoms with E-state index in [1.807, 2.05) is 0 Å². The number of rotatable bonds is 3. The molecule has 0 amide bonds. The van der Waals surface area contributed by atoms with Crippen molar-refractivity contribution >= 4 is 6.08 Å². The van der Waals surface area contributed by atoms with E-state index in [1.54, 1.807) is 8.89 Å². The summed E-state index contributed by atoms with van der Waals surface area (Å²) >= 11 is 1.22. The Morgan fingerprint density at radius 3 is 2.86 bits per heavy atom. The molecule has 0 aromatic heterocycles. The Morgan fingerprint density at radius 1 is 1.29 bits per heavy atom. The molecule has 0 radical (unpaired) electrons. The topological polar surface area (TPSA) is 0 Å². The van der Waals surface area contributed by atoms with Crippen molar-refractivity contribution in [3.05, 3.63) is 38.7 Å². The van der Waals surface area contributed by atoms with Crippen LogP contribution in [0.1, 0.15) is 43.2 Å². The Kier molecular flexibility index (Phi) is 3.38. The van der Waals surface area contributed by atoms with Crippen LogP contribution in [0.5, 0.6) is 0 Å². The minimum atomic E-state index is 0.762. The Bertz CT molecular complexity index is 352. The predicted molar refractivity (Wildman–Crippen MR) is 56.7 cm³/mol. The van der Waals surface area contributed by atoms with Gasteiger partial charge < -0.3 is 0 Å². The summed E-state index contributed by atoms with van der Waals surface area (Å²) in [5.74, 6) is 0.762. The summed E-state index contributed by atoms with van der Waals surface area (Å²) in [6.07, 6.45) is 6.43. The average Bonchev–Trinajstić information content (AvgIpc) is 2.51. The van der Waals surface area contributed by atoms with E-state index >= 15 is 0 Å². The van der Waals surface area contributed by atoms with Crippen molar-refractivity contribution in [2.75, 3.05) is 0 Å². The second kappa shape index (κ2) is 4.57. The van der Waals surface area contributed by atoms with Gasteiger partial charge in [0.1, 0.15) is 0 Å². The fourth-order valence-corrected chi connectivity index (χ4v) is 3.75. The molecule has 0 heterocycles. The van der Waals surface area contributed by atoms with Crippen LogP contribution in [0, 0.1) is 0 Å². The molecule has 14 heavy (non-hydrogen) atoms. The number of unbranched alkanes of at least 4 members (excludes halogenated alkanes) is 1. The first kappa shape index (κ1) is 10.4. The zero-order valence-electron chi connectivity index (χ0n) is 8.59. The molecule has 1 atom stereocenters. The van der Waals surface area contributed by atoms with Crippen molar-refractivity contribution in [1.29, 1.82) is 0 Å². The first-order valence-corrected chi connectivity index (χ1v) is 7.14. The fraction of sp³-hybridized carbons (Fsp3) is 0.385. The van der Waals surface area contributed by atoms with Crippen LogP contribution in [-0.4, -0.2) is 0 Å². The van der Waals surface area contributed by atoms with Gasteiger partial charge in [0.25, 0.3) is 0 Å². The molecule has 0 saturated heterocycles. The van der Waals surface area contributed by atoms with Crippen molar-refractivity contribution in [2.45, 2.75) is 32.1 Å². The Labute approximate surface area is 101 Å². The first-order valence-electron chi connectivity index (χ1n) is 5.35. The Hall–Kier alpha value is -0.170. The summed E-state index contributed by atoms with van der Waals surface area (Å²) in [6.45, 7) is 2.28. The molecule has 71 valence electrons. The van der Waals surface area contributed by atoms with Crippen LogP contribution in [0.15, 0.2) is 27.6 Å². The van der Waals surface area contributed by atoms with Gasteiger partial charge in [-0.1, -0.05) is 0 Å². The van der Waals surface area contributed by atoms with Crippen molar-refractivity contribution in [3.63, 3.8) is 0 Å². The monoisotopic (exact) mass is 351 g/mol. The van der Waals surface area contributed by atoms with Crippen LogP contribution in [0.2, 0.25) is 0 Å². The molecule has 0 spiro atoms. The summed E-state index contributed by atoms with van der Waals surface area (Å²) in [5.41, 5.74) is 3.05. The number of benzene rings is 1. The second-order valence-corrected chi connectivity index (χ2v) is 6.00. The summed E-state index contributed by atoms with van der Waals surface area (Å²) in [5, 5.41) is 0. The van der Waals surface area contributed by atoms with Crippen molar-refractivity contribution in [3.8, 4) is 0 Å². The Balaban J connectivity index is 2.23. The molecule has 0 nitrogen and oxygen atoms in total. The van der Waals surface area contributed by atoms with Crippen LogP contribution in [0.25, 0.3) is 6.08 Å². The molecule has 1 aromatic carbocycles. The standard InChI is InChI=1S/C13H15.Hf/c1-2-3-6-11-9-10-12-7-4-5-8-13(11)12;/h4-5,7-8,10-11H,2-3,6H2,1H3;.